The van der Waals surface area contributed by atoms with Crippen molar-refractivity contribution in [1.82, 2.24) is 0 Å². The topological polar surface area (TPSA) is 66.5 Å². The third-order valence-electron chi connectivity index (χ3n) is 4.63. The fourth-order valence-corrected chi connectivity index (χ4v) is 5.02. The SMILES string of the molecule is O=C(Nc1cc(C(F)(F)F)ccc1N1CCCC1)[C@@H]1CCS(=O)(=O)C1. The maximum atomic E-state index is 13.0. The molecule has 1 N–H and O–H groups in total. The smallest absolute Gasteiger partial charge is 0.370 e. The molecule has 9 heteroatoms. The molecule has 1 aromatic carbocycles. The van der Waals surface area contributed by atoms with Crippen LogP contribution in [0.4, 0.5) is 24.5 Å². The molecule has 0 bridgehead atoms. The Morgan fingerprint density at radius 1 is 1.20 bits per heavy atom. The minimum atomic E-state index is -4.51. The van der Waals surface area contributed by atoms with Gasteiger partial charge in [-0.25, -0.2) is 8.42 Å². The monoisotopic (exact) mass is 376 g/mol. The first-order valence-electron chi connectivity index (χ1n) is 8.13. The number of alkyl halides is 3. The third-order valence-corrected chi connectivity index (χ3v) is 6.40. The first kappa shape index (κ1) is 18.0. The Morgan fingerprint density at radius 2 is 1.88 bits per heavy atom. The van der Waals surface area contributed by atoms with Crippen molar-refractivity contribution in [2.24, 2.45) is 5.92 Å². The summed E-state index contributed by atoms with van der Waals surface area (Å²) in [6.07, 6.45) is -2.43. The van der Waals surface area contributed by atoms with Crippen LogP contribution in [-0.4, -0.2) is 38.9 Å². The largest absolute Gasteiger partial charge is 0.416 e. The molecule has 138 valence electrons. The predicted octanol–water partition coefficient (Wildman–Crippen LogP) is 2.68. The zero-order valence-corrected chi connectivity index (χ0v) is 14.3. The highest BCUT2D eigenvalue weighted by atomic mass is 32.2. The van der Waals surface area contributed by atoms with Crippen LogP contribution in [0.3, 0.4) is 0 Å². The van der Waals surface area contributed by atoms with Crippen molar-refractivity contribution in [3.8, 4) is 0 Å². The van der Waals surface area contributed by atoms with Crippen LogP contribution in [0.1, 0.15) is 24.8 Å². The van der Waals surface area contributed by atoms with Gasteiger partial charge in [-0.2, -0.15) is 13.2 Å². The zero-order chi connectivity index (χ0) is 18.2. The number of carbonyl (C=O) groups excluding carboxylic acids is 1. The first-order valence-corrected chi connectivity index (χ1v) is 9.95. The van der Waals surface area contributed by atoms with Gasteiger partial charge >= 0.3 is 6.18 Å². The number of hydrogen-bond donors (Lipinski definition) is 1. The number of sulfone groups is 1. The lowest BCUT2D eigenvalue weighted by molar-refractivity contribution is -0.137. The van der Waals surface area contributed by atoms with Gasteiger partial charge in [0.05, 0.1) is 34.4 Å². The minimum absolute atomic E-state index is 0.0628. The van der Waals surface area contributed by atoms with Crippen LogP contribution in [-0.2, 0) is 20.8 Å². The standard InChI is InChI=1S/C16H19F3N2O3S/c17-16(18,19)12-3-4-14(21-6-1-2-7-21)13(9-12)20-15(22)11-5-8-25(23,24)10-11/h3-4,9,11H,1-2,5-8,10H2,(H,20,22)/t11-/m1/s1. The molecule has 2 fully saturated rings. The molecule has 1 atom stereocenters. The summed E-state index contributed by atoms with van der Waals surface area (Å²) in [6.45, 7) is 1.43. The van der Waals surface area contributed by atoms with Crippen LogP contribution < -0.4 is 10.2 Å². The lowest BCUT2D eigenvalue weighted by atomic mass is 10.1. The number of amides is 1. The lowest BCUT2D eigenvalue weighted by Crippen LogP contribution is -2.26. The molecule has 2 aliphatic heterocycles. The number of rotatable bonds is 3. The Labute approximate surface area is 144 Å². The Hall–Kier alpha value is -1.77. The van der Waals surface area contributed by atoms with Crippen molar-refractivity contribution >= 4 is 27.1 Å². The molecule has 1 amide bonds. The van der Waals surface area contributed by atoms with Crippen LogP contribution in [0.5, 0.6) is 0 Å². The number of anilines is 2. The van der Waals surface area contributed by atoms with Gasteiger partial charge in [0.1, 0.15) is 0 Å². The highest BCUT2D eigenvalue weighted by molar-refractivity contribution is 7.91. The van der Waals surface area contributed by atoms with Crippen molar-refractivity contribution in [3.63, 3.8) is 0 Å². The first-order chi connectivity index (χ1) is 11.7. The summed E-state index contributed by atoms with van der Waals surface area (Å²) in [5, 5.41) is 2.53. The van der Waals surface area contributed by atoms with E-state index in [-0.39, 0.29) is 23.6 Å². The summed E-state index contributed by atoms with van der Waals surface area (Å²) >= 11 is 0. The van der Waals surface area contributed by atoms with Gasteiger partial charge in [0.2, 0.25) is 5.91 Å². The quantitative estimate of drug-likeness (QED) is 0.881. The van der Waals surface area contributed by atoms with E-state index < -0.39 is 33.4 Å². The summed E-state index contributed by atoms with van der Waals surface area (Å²) in [5.41, 5.74) is -0.212. The van der Waals surface area contributed by atoms with Crippen molar-refractivity contribution in [2.45, 2.75) is 25.4 Å². The molecular weight excluding hydrogens is 357 g/mol. The summed E-state index contributed by atoms with van der Waals surface area (Å²) in [5.74, 6) is -1.57. The second-order valence-electron chi connectivity index (χ2n) is 6.51. The van der Waals surface area contributed by atoms with Crippen LogP contribution in [0, 0.1) is 5.92 Å². The van der Waals surface area contributed by atoms with E-state index in [9.17, 15) is 26.4 Å². The number of benzene rings is 1. The summed E-state index contributed by atoms with van der Waals surface area (Å²) in [7, 11) is -3.24. The van der Waals surface area contributed by atoms with Crippen molar-refractivity contribution in [3.05, 3.63) is 23.8 Å². The van der Waals surface area contributed by atoms with Crippen LogP contribution >= 0.6 is 0 Å². The Bertz CT molecular complexity index is 771. The molecule has 0 aliphatic carbocycles. The van der Waals surface area contributed by atoms with Gasteiger partial charge in [-0.1, -0.05) is 0 Å². The summed E-state index contributed by atoms with van der Waals surface area (Å²) in [4.78, 5) is 14.3. The van der Waals surface area contributed by atoms with Crippen LogP contribution in [0.25, 0.3) is 0 Å². The molecule has 0 radical (unpaired) electrons. The molecule has 1 aromatic rings. The van der Waals surface area contributed by atoms with Gasteiger partial charge < -0.3 is 10.2 Å². The summed E-state index contributed by atoms with van der Waals surface area (Å²) in [6, 6.07) is 3.30. The summed E-state index contributed by atoms with van der Waals surface area (Å²) < 4.78 is 62.1. The van der Waals surface area contributed by atoms with E-state index in [1.54, 1.807) is 0 Å². The van der Waals surface area contributed by atoms with E-state index in [1.807, 2.05) is 4.90 Å². The van der Waals surface area contributed by atoms with Crippen LogP contribution in [0.15, 0.2) is 18.2 Å². The molecule has 25 heavy (non-hydrogen) atoms. The van der Waals surface area contributed by atoms with Gasteiger partial charge in [-0.05, 0) is 37.5 Å². The number of nitrogens with zero attached hydrogens (tertiary/aromatic N) is 1. The van der Waals surface area contributed by atoms with E-state index in [1.165, 1.54) is 6.07 Å². The van der Waals surface area contributed by atoms with E-state index in [0.717, 1.165) is 25.0 Å². The van der Waals surface area contributed by atoms with E-state index in [0.29, 0.717) is 18.8 Å². The maximum absolute atomic E-state index is 13.0. The Balaban J connectivity index is 1.87. The second-order valence-corrected chi connectivity index (χ2v) is 8.74. The highest BCUT2D eigenvalue weighted by Crippen LogP contribution is 2.37. The predicted molar refractivity (Wildman–Crippen MR) is 88.3 cm³/mol. The number of carbonyl (C=O) groups is 1. The highest BCUT2D eigenvalue weighted by Gasteiger charge is 2.35. The average Bonchev–Trinajstić information content (AvgIpc) is 3.15. The van der Waals surface area contributed by atoms with Gasteiger partial charge in [0.25, 0.3) is 0 Å². The van der Waals surface area contributed by atoms with Crippen LogP contribution in [0.2, 0.25) is 0 Å². The number of nitrogens with one attached hydrogen (secondary N) is 1. The van der Waals surface area contributed by atoms with Crippen molar-refractivity contribution in [2.75, 3.05) is 34.8 Å². The lowest BCUT2D eigenvalue weighted by Gasteiger charge is -2.23. The van der Waals surface area contributed by atoms with Gasteiger partial charge in [0, 0.05) is 13.1 Å². The molecule has 5 nitrogen and oxygen atoms in total. The normalized spacial score (nSPS) is 23.0. The van der Waals surface area contributed by atoms with Crippen molar-refractivity contribution < 1.29 is 26.4 Å². The Kier molecular flexibility index (Phi) is 4.70. The zero-order valence-electron chi connectivity index (χ0n) is 13.5. The maximum Gasteiger partial charge on any atom is 0.416 e. The average molecular weight is 376 g/mol. The van der Waals surface area contributed by atoms with E-state index in [2.05, 4.69) is 5.32 Å². The second kappa shape index (κ2) is 6.51. The Morgan fingerprint density at radius 3 is 2.44 bits per heavy atom. The minimum Gasteiger partial charge on any atom is -0.370 e. The number of halogens is 3. The molecular formula is C16H19F3N2O3S. The molecule has 3 rings (SSSR count). The molecule has 2 saturated heterocycles. The molecule has 0 spiro atoms. The molecule has 2 aliphatic rings. The van der Waals surface area contributed by atoms with Gasteiger partial charge in [0.15, 0.2) is 9.84 Å². The van der Waals surface area contributed by atoms with E-state index >= 15 is 0 Å². The molecule has 0 saturated carbocycles. The molecule has 0 unspecified atom stereocenters. The van der Waals surface area contributed by atoms with Gasteiger partial charge in [-0.15, -0.1) is 0 Å². The van der Waals surface area contributed by atoms with E-state index in [4.69, 9.17) is 0 Å². The van der Waals surface area contributed by atoms with Crippen molar-refractivity contribution in [1.29, 1.82) is 0 Å². The third kappa shape index (κ3) is 4.08. The fourth-order valence-electron chi connectivity index (χ4n) is 3.28. The van der Waals surface area contributed by atoms with Gasteiger partial charge in [-0.3, -0.25) is 4.79 Å². The fraction of sp³-hybridized carbons (Fsp3) is 0.562. The molecule has 0 aromatic heterocycles. The number of hydrogen-bond acceptors (Lipinski definition) is 4. The molecule has 2 heterocycles.